The van der Waals surface area contributed by atoms with Gasteiger partial charge < -0.3 is 43.6 Å². The van der Waals surface area contributed by atoms with Crippen molar-refractivity contribution in [1.82, 2.24) is 39.0 Å². The molecule has 0 spiro atoms. The zero-order valence-corrected chi connectivity index (χ0v) is 26.5. The predicted octanol–water partition coefficient (Wildman–Crippen LogP) is 0.602. The van der Waals surface area contributed by atoms with Crippen molar-refractivity contribution in [3.63, 3.8) is 0 Å². The van der Waals surface area contributed by atoms with Crippen LogP contribution in [0, 0.1) is 18.3 Å². The zero-order chi connectivity index (χ0) is 31.8. The largest absolute Gasteiger partial charge is 0.472 e. The van der Waals surface area contributed by atoms with Crippen LogP contribution in [-0.2, 0) is 43.9 Å². The molecule has 0 radical (unpaired) electrons. The number of phosphoric acid groups is 1. The molecule has 0 amide bonds. The van der Waals surface area contributed by atoms with Crippen molar-refractivity contribution in [2.24, 2.45) is 11.3 Å². The molecule has 2 saturated carbocycles. The summed E-state index contributed by atoms with van der Waals surface area (Å²) in [6.07, 6.45) is 1.43. The van der Waals surface area contributed by atoms with Crippen LogP contribution in [0.4, 0.5) is 5.82 Å². The van der Waals surface area contributed by atoms with E-state index in [-0.39, 0.29) is 30.5 Å². The molecule has 22 heteroatoms. The lowest BCUT2D eigenvalue weighted by molar-refractivity contribution is -0.183. The molecule has 19 nitrogen and oxygen atoms in total. The van der Waals surface area contributed by atoms with Crippen LogP contribution in [0.2, 0.25) is 0 Å². The number of aryl methyl sites for hydroxylation is 1. The Morgan fingerprint density at radius 2 is 1.83 bits per heavy atom. The normalized spacial score (nSPS) is 42.0. The number of nitrogens with two attached hydrogens (primary N) is 1. The fourth-order valence-corrected chi connectivity index (χ4v) is 10.0. The number of hydrogen-bond acceptors (Lipinski definition) is 15. The molecule has 5 N–H and O–H groups in total. The maximum absolute atomic E-state index is 13.5. The topological polar surface area (TPSA) is 246 Å². The number of fused-ring (bicyclic) bond motifs is 2. The van der Waals surface area contributed by atoms with Crippen LogP contribution in [0.1, 0.15) is 30.9 Å². The molecular weight excluding hydrogens is 668 g/mol. The van der Waals surface area contributed by atoms with Gasteiger partial charge in [-0.15, -0.1) is 0 Å². The number of ether oxygens (including phenoxy) is 2. The van der Waals surface area contributed by atoms with E-state index >= 15 is 0 Å². The lowest BCUT2D eigenvalue weighted by Crippen LogP contribution is -2.45. The smallest absolute Gasteiger partial charge is 0.382 e. The van der Waals surface area contributed by atoms with Crippen LogP contribution in [-0.4, -0.2) is 92.6 Å². The van der Waals surface area contributed by atoms with Crippen molar-refractivity contribution in [2.75, 3.05) is 25.6 Å². The number of anilines is 1. The summed E-state index contributed by atoms with van der Waals surface area (Å²) in [7, 11) is -4.72. The first-order chi connectivity index (χ1) is 21.9. The van der Waals surface area contributed by atoms with Gasteiger partial charge in [-0.2, -0.15) is 0 Å². The van der Waals surface area contributed by atoms with E-state index < -0.39 is 68.3 Å². The van der Waals surface area contributed by atoms with Gasteiger partial charge in [0.1, 0.15) is 35.5 Å². The molecule has 5 fully saturated rings. The van der Waals surface area contributed by atoms with Crippen LogP contribution in [0.3, 0.4) is 0 Å². The van der Waals surface area contributed by atoms with Crippen molar-refractivity contribution in [3.8, 4) is 0 Å². The Morgan fingerprint density at radius 3 is 2.67 bits per heavy atom. The molecular formula is C24H27N9O10P2S. The highest BCUT2D eigenvalue weighted by molar-refractivity contribution is 8.07. The Hall–Kier alpha value is -2.74. The van der Waals surface area contributed by atoms with Gasteiger partial charge >= 0.3 is 14.5 Å². The molecule has 9 rings (SSSR count). The summed E-state index contributed by atoms with van der Waals surface area (Å²) in [6.45, 7) is -2.99. The van der Waals surface area contributed by atoms with E-state index in [0.717, 1.165) is 0 Å². The first kappa shape index (κ1) is 29.4. The predicted molar refractivity (Wildman–Crippen MR) is 157 cm³/mol. The van der Waals surface area contributed by atoms with Crippen LogP contribution >= 0.6 is 14.5 Å². The van der Waals surface area contributed by atoms with E-state index in [1.807, 2.05) is 0 Å². The summed E-state index contributed by atoms with van der Waals surface area (Å²) in [4.78, 5) is 58.9. The average molecular weight is 696 g/mol. The Labute approximate surface area is 263 Å². The van der Waals surface area contributed by atoms with Crippen LogP contribution in [0.15, 0.2) is 23.8 Å². The Morgan fingerprint density at radius 1 is 1.02 bits per heavy atom. The second-order valence-corrected chi connectivity index (χ2v) is 16.6. The number of nitrogen functional groups attached to an aromatic ring is 1. The van der Waals surface area contributed by atoms with Crippen LogP contribution in [0.5, 0.6) is 0 Å². The molecule has 3 saturated heterocycles. The molecule has 3 aliphatic heterocycles. The molecule has 7 heterocycles. The Bertz CT molecular complexity index is 2090. The first-order valence-corrected chi connectivity index (χ1v) is 18.4. The van der Waals surface area contributed by atoms with Gasteiger partial charge in [0, 0.05) is 5.41 Å². The summed E-state index contributed by atoms with van der Waals surface area (Å²) in [6, 6.07) is -0.498. The van der Waals surface area contributed by atoms with E-state index in [9.17, 15) is 19.1 Å². The number of rotatable bonds is 2. The number of imidazole rings is 2. The standard InChI is InChI=1S/C24H27N9O10P2S/c1-10-30-20-14(21(34)31-10)29-8-32(20)12-3-23-2-11(23)15(12)42-45(37,46)40-6-24-5-38-16(17(24)43-44(35,36)39-4-23)22(41-24)33-9-28-13-18(25)26-7-27-19(13)33/h7-9,11-12,15-17,22H,2-6H2,1H3,(H,35,36)(H,37,46)(H2,25,26,27)(H,30,31,34)/t11-,12+,15+,16+,17-,22+,23+,24+,45?/m0/s1. The fraction of sp³-hybridized carbons (Fsp3) is 0.583. The molecule has 4 aromatic rings. The lowest BCUT2D eigenvalue weighted by Gasteiger charge is -2.34. The third-order valence-corrected chi connectivity index (χ3v) is 12.2. The molecule has 10 atom stereocenters. The molecule has 4 bridgehead atoms. The van der Waals surface area contributed by atoms with Gasteiger partial charge in [0.15, 0.2) is 28.9 Å². The average Bonchev–Trinajstić information content (AvgIpc) is 3.48. The minimum atomic E-state index is -4.72. The van der Waals surface area contributed by atoms with Crippen molar-refractivity contribution in [2.45, 2.75) is 55.9 Å². The van der Waals surface area contributed by atoms with Crippen molar-refractivity contribution < 1.29 is 41.9 Å². The third-order valence-electron chi connectivity index (χ3n) is 9.68. The highest BCUT2D eigenvalue weighted by Crippen LogP contribution is 2.71. The first-order valence-electron chi connectivity index (χ1n) is 14.4. The quantitative estimate of drug-likeness (QED) is 0.210. The fourth-order valence-electron chi connectivity index (χ4n) is 7.47. The van der Waals surface area contributed by atoms with E-state index in [0.29, 0.717) is 35.5 Å². The number of nitrogens with one attached hydrogen (secondary N) is 1. The summed E-state index contributed by atoms with van der Waals surface area (Å²) in [5.74, 6) is 0.347. The van der Waals surface area contributed by atoms with Gasteiger partial charge in [-0.25, -0.2) is 29.5 Å². The molecule has 2 aliphatic carbocycles. The monoisotopic (exact) mass is 695 g/mol. The summed E-state index contributed by atoms with van der Waals surface area (Å²) < 4.78 is 52.9. The van der Waals surface area contributed by atoms with Crippen LogP contribution < -0.4 is 11.3 Å². The molecule has 46 heavy (non-hydrogen) atoms. The van der Waals surface area contributed by atoms with E-state index in [4.69, 9.17) is 45.1 Å². The molecule has 5 aliphatic rings. The zero-order valence-electron chi connectivity index (χ0n) is 23.9. The van der Waals surface area contributed by atoms with E-state index in [1.165, 1.54) is 19.0 Å². The SMILES string of the molecule is Cc1nc2c(ncn2[C@@H]2C[C@]34COP(=O)(O)O[C@H]5[C@H]6OC[C@]5(COP(O)(=S)O[C@@H]2[C@@H]3C4)O[C@H]6n2cnc3c(N)ncnc32)c(=O)[nH]1. The Kier molecular flexibility index (Phi) is 6.18. The van der Waals surface area contributed by atoms with Gasteiger partial charge in [-0.1, -0.05) is 0 Å². The summed E-state index contributed by atoms with van der Waals surface area (Å²) >= 11 is 5.52. The maximum atomic E-state index is 13.5. The van der Waals surface area contributed by atoms with Gasteiger partial charge in [-0.3, -0.25) is 18.4 Å². The number of H-pyrrole nitrogens is 1. The summed E-state index contributed by atoms with van der Waals surface area (Å²) in [5, 5.41) is 0. The van der Waals surface area contributed by atoms with Gasteiger partial charge in [0.05, 0.1) is 44.6 Å². The van der Waals surface area contributed by atoms with E-state index in [1.54, 1.807) is 16.1 Å². The van der Waals surface area contributed by atoms with E-state index in [2.05, 4.69) is 29.9 Å². The molecule has 0 aromatic carbocycles. The second kappa shape index (κ2) is 9.67. The number of aromatic amines is 1. The van der Waals surface area contributed by atoms with Gasteiger partial charge in [0.2, 0.25) is 0 Å². The van der Waals surface area contributed by atoms with Crippen molar-refractivity contribution in [1.29, 1.82) is 0 Å². The van der Waals surface area contributed by atoms with Crippen LogP contribution in [0.25, 0.3) is 22.3 Å². The minimum Gasteiger partial charge on any atom is -0.382 e. The lowest BCUT2D eigenvalue weighted by atomic mass is 10.0. The number of hydrogen-bond donors (Lipinski definition) is 4. The summed E-state index contributed by atoms with van der Waals surface area (Å²) in [5.41, 5.74) is 4.62. The number of nitrogens with zero attached hydrogens (tertiary/aromatic N) is 7. The molecule has 2 unspecified atom stereocenters. The van der Waals surface area contributed by atoms with Gasteiger partial charge in [0.25, 0.3) is 5.56 Å². The number of aromatic nitrogens is 8. The second-order valence-electron chi connectivity index (χ2n) is 12.4. The van der Waals surface area contributed by atoms with Crippen molar-refractivity contribution in [3.05, 3.63) is 35.2 Å². The third kappa shape index (κ3) is 4.33. The number of phosphoric ester groups is 1. The minimum absolute atomic E-state index is 0.114. The highest BCUT2D eigenvalue weighted by Gasteiger charge is 2.69. The highest BCUT2D eigenvalue weighted by atomic mass is 32.5. The maximum Gasteiger partial charge on any atom is 0.472 e. The van der Waals surface area contributed by atoms with Gasteiger partial charge in [-0.05, 0) is 37.5 Å². The van der Waals surface area contributed by atoms with Crippen molar-refractivity contribution >= 4 is 54.5 Å². The molecule has 244 valence electrons. The molecule has 4 aromatic heterocycles. The Balaban J connectivity index is 1.07.